The van der Waals surface area contributed by atoms with E-state index in [1.807, 2.05) is 36.5 Å². The number of rotatable bonds is 6. The van der Waals surface area contributed by atoms with Crippen LogP contribution in [-0.4, -0.2) is 36.5 Å². The number of nitrogens with one attached hydrogen (secondary N) is 3. The third-order valence-electron chi connectivity index (χ3n) is 5.69. The van der Waals surface area contributed by atoms with Crippen LogP contribution < -0.4 is 20.7 Å². The summed E-state index contributed by atoms with van der Waals surface area (Å²) in [6, 6.07) is 11.9. The van der Waals surface area contributed by atoms with Crippen molar-refractivity contribution in [1.29, 1.82) is 0 Å². The lowest BCUT2D eigenvalue weighted by Crippen LogP contribution is -2.40. The van der Waals surface area contributed by atoms with Crippen LogP contribution in [0, 0.1) is 0 Å². The minimum atomic E-state index is 0.0504. The Labute approximate surface area is 177 Å². The van der Waals surface area contributed by atoms with E-state index < -0.39 is 0 Å². The molecule has 30 heavy (non-hydrogen) atoms. The molecule has 7 nitrogen and oxygen atoms in total. The van der Waals surface area contributed by atoms with Crippen molar-refractivity contribution >= 4 is 17.6 Å². The van der Waals surface area contributed by atoms with Gasteiger partial charge in [-0.15, -0.1) is 0 Å². The Morgan fingerprint density at radius 3 is 2.80 bits per heavy atom. The van der Waals surface area contributed by atoms with Gasteiger partial charge < -0.3 is 20.7 Å². The third-order valence-corrected chi connectivity index (χ3v) is 5.69. The molecule has 2 aliphatic rings. The van der Waals surface area contributed by atoms with Gasteiger partial charge in [0, 0.05) is 50.4 Å². The quantitative estimate of drug-likeness (QED) is 0.506. The van der Waals surface area contributed by atoms with Gasteiger partial charge in [-0.1, -0.05) is 24.3 Å². The molecule has 0 spiro atoms. The maximum Gasteiger partial charge on any atom is 0.225 e. The molecule has 1 atom stereocenters. The Balaban J connectivity index is 1.28. The van der Waals surface area contributed by atoms with Gasteiger partial charge in [0.25, 0.3) is 0 Å². The van der Waals surface area contributed by atoms with E-state index in [2.05, 4.69) is 32.0 Å². The fraction of sp³-hybridized carbons (Fsp3) is 0.435. The van der Waals surface area contributed by atoms with Crippen LogP contribution in [0.3, 0.4) is 0 Å². The summed E-state index contributed by atoms with van der Waals surface area (Å²) in [4.78, 5) is 20.7. The van der Waals surface area contributed by atoms with Crippen molar-refractivity contribution in [3.05, 3.63) is 53.7 Å². The maximum absolute atomic E-state index is 12.0. The largest absolute Gasteiger partial charge is 0.474 e. The van der Waals surface area contributed by atoms with E-state index in [4.69, 9.17) is 4.74 Å². The highest BCUT2D eigenvalue weighted by Crippen LogP contribution is 2.31. The fourth-order valence-corrected chi connectivity index (χ4v) is 4.07. The van der Waals surface area contributed by atoms with Crippen LogP contribution in [0.25, 0.3) is 0 Å². The number of amides is 1. The van der Waals surface area contributed by atoms with Crippen molar-refractivity contribution in [3.63, 3.8) is 0 Å². The van der Waals surface area contributed by atoms with Crippen LogP contribution in [-0.2, 0) is 11.3 Å². The topological polar surface area (TPSA) is 87.6 Å². The highest BCUT2D eigenvalue weighted by Gasteiger charge is 2.24. The first-order valence-electron chi connectivity index (χ1n) is 10.7. The van der Waals surface area contributed by atoms with Crippen LogP contribution in [0.2, 0.25) is 0 Å². The van der Waals surface area contributed by atoms with E-state index in [-0.39, 0.29) is 11.8 Å². The van der Waals surface area contributed by atoms with E-state index in [9.17, 15) is 4.79 Å². The SMILES string of the molecule is CN=C(NCc1ccc(OC2CCCC2)nc1)NCC1CC(=O)Nc2ccccc21. The molecule has 1 aliphatic carbocycles. The number of guanidine groups is 1. The normalized spacial score (nSPS) is 19.2. The fourth-order valence-electron chi connectivity index (χ4n) is 4.07. The van der Waals surface area contributed by atoms with E-state index in [1.165, 1.54) is 12.8 Å². The maximum atomic E-state index is 12.0. The first-order valence-corrected chi connectivity index (χ1v) is 10.7. The first kappa shape index (κ1) is 20.2. The minimum absolute atomic E-state index is 0.0504. The highest BCUT2D eigenvalue weighted by molar-refractivity contribution is 5.94. The van der Waals surface area contributed by atoms with Crippen LogP contribution in [0.1, 0.15) is 49.1 Å². The summed E-state index contributed by atoms with van der Waals surface area (Å²) in [6.45, 7) is 1.24. The lowest BCUT2D eigenvalue weighted by atomic mass is 9.90. The molecule has 1 unspecified atom stereocenters. The van der Waals surface area contributed by atoms with E-state index in [0.717, 1.165) is 29.7 Å². The van der Waals surface area contributed by atoms with Gasteiger partial charge in [-0.05, 0) is 42.9 Å². The Hall–Kier alpha value is -3.09. The number of carbonyl (C=O) groups is 1. The molecule has 3 N–H and O–H groups in total. The number of hydrogen-bond acceptors (Lipinski definition) is 4. The summed E-state index contributed by atoms with van der Waals surface area (Å²) in [5.74, 6) is 1.56. The van der Waals surface area contributed by atoms with Crippen molar-refractivity contribution in [2.75, 3.05) is 18.9 Å². The summed E-state index contributed by atoms with van der Waals surface area (Å²) in [7, 11) is 1.74. The van der Waals surface area contributed by atoms with E-state index >= 15 is 0 Å². The van der Waals surface area contributed by atoms with Crippen molar-refractivity contribution in [1.82, 2.24) is 15.6 Å². The van der Waals surface area contributed by atoms with E-state index in [1.54, 1.807) is 7.05 Å². The molecule has 1 aromatic carbocycles. The molecule has 2 heterocycles. The molecular formula is C23H29N5O2. The molecule has 4 rings (SSSR count). The molecule has 2 aromatic rings. The Bertz CT molecular complexity index is 891. The van der Waals surface area contributed by atoms with Gasteiger partial charge in [-0.25, -0.2) is 4.98 Å². The molecule has 0 saturated heterocycles. The van der Waals surface area contributed by atoms with Crippen LogP contribution >= 0.6 is 0 Å². The molecule has 158 valence electrons. The number of carbonyl (C=O) groups excluding carboxylic acids is 1. The van der Waals surface area contributed by atoms with Crippen molar-refractivity contribution in [2.45, 2.75) is 50.7 Å². The number of anilines is 1. The zero-order valence-corrected chi connectivity index (χ0v) is 17.4. The standard InChI is InChI=1S/C23H29N5O2/c1-24-23(27-15-17-12-21(29)28-20-9-5-4-8-19(17)20)26-14-16-10-11-22(25-13-16)30-18-6-2-3-7-18/h4-5,8-11,13,17-18H,2-3,6-7,12,14-15H2,1H3,(H,28,29)(H2,24,26,27). The number of nitrogens with zero attached hydrogens (tertiary/aromatic N) is 2. The average Bonchev–Trinajstić information content (AvgIpc) is 3.28. The third kappa shape index (κ3) is 5.09. The van der Waals surface area contributed by atoms with Crippen LogP contribution in [0.4, 0.5) is 5.69 Å². The molecule has 1 fully saturated rings. The number of benzene rings is 1. The number of hydrogen-bond donors (Lipinski definition) is 3. The molecule has 1 aliphatic heterocycles. The van der Waals surface area contributed by atoms with Crippen molar-refractivity contribution < 1.29 is 9.53 Å². The number of para-hydroxylation sites is 1. The minimum Gasteiger partial charge on any atom is -0.474 e. The predicted molar refractivity (Wildman–Crippen MR) is 118 cm³/mol. The molecule has 1 amide bonds. The predicted octanol–water partition coefficient (Wildman–Crippen LogP) is 3.19. The number of aromatic nitrogens is 1. The molecule has 1 aromatic heterocycles. The number of aliphatic imine (C=N–C) groups is 1. The van der Waals surface area contributed by atoms with Crippen molar-refractivity contribution in [3.8, 4) is 5.88 Å². The smallest absolute Gasteiger partial charge is 0.225 e. The van der Waals surface area contributed by atoms with Gasteiger partial charge in [-0.3, -0.25) is 9.79 Å². The summed E-state index contributed by atoms with van der Waals surface area (Å²) in [5.41, 5.74) is 3.11. The zero-order valence-electron chi connectivity index (χ0n) is 17.4. The second kappa shape index (κ2) is 9.61. The Morgan fingerprint density at radius 2 is 2.03 bits per heavy atom. The van der Waals surface area contributed by atoms with Crippen LogP contribution in [0.15, 0.2) is 47.6 Å². The molecular weight excluding hydrogens is 378 g/mol. The number of fused-ring (bicyclic) bond motifs is 1. The number of pyridine rings is 1. The van der Waals surface area contributed by atoms with Gasteiger partial charge in [0.1, 0.15) is 6.10 Å². The Kier molecular flexibility index (Phi) is 6.47. The van der Waals surface area contributed by atoms with Gasteiger partial charge in [0.15, 0.2) is 5.96 Å². The zero-order chi connectivity index (χ0) is 20.8. The molecule has 7 heteroatoms. The monoisotopic (exact) mass is 407 g/mol. The summed E-state index contributed by atoms with van der Waals surface area (Å²) >= 11 is 0. The number of ether oxygens (including phenoxy) is 1. The Morgan fingerprint density at radius 1 is 1.20 bits per heavy atom. The first-order chi connectivity index (χ1) is 14.7. The summed E-state index contributed by atoms with van der Waals surface area (Å²) in [6.07, 6.45) is 7.36. The average molecular weight is 408 g/mol. The van der Waals surface area contributed by atoms with Crippen molar-refractivity contribution in [2.24, 2.45) is 4.99 Å². The lowest BCUT2D eigenvalue weighted by Gasteiger charge is -2.26. The van der Waals surface area contributed by atoms with E-state index in [0.29, 0.717) is 37.5 Å². The summed E-state index contributed by atoms with van der Waals surface area (Å²) < 4.78 is 5.92. The van der Waals surface area contributed by atoms with Gasteiger partial charge >= 0.3 is 0 Å². The molecule has 1 saturated carbocycles. The van der Waals surface area contributed by atoms with Gasteiger partial charge in [0.2, 0.25) is 11.8 Å². The second-order valence-electron chi connectivity index (χ2n) is 7.87. The van der Waals surface area contributed by atoms with Gasteiger partial charge in [-0.2, -0.15) is 0 Å². The summed E-state index contributed by atoms with van der Waals surface area (Å²) in [5, 5.41) is 9.59. The lowest BCUT2D eigenvalue weighted by molar-refractivity contribution is -0.116. The van der Waals surface area contributed by atoms with Crippen LogP contribution in [0.5, 0.6) is 5.88 Å². The van der Waals surface area contributed by atoms with Gasteiger partial charge in [0.05, 0.1) is 0 Å². The molecule has 0 radical (unpaired) electrons. The second-order valence-corrected chi connectivity index (χ2v) is 7.87. The molecule has 0 bridgehead atoms. The highest BCUT2D eigenvalue weighted by atomic mass is 16.5.